The summed E-state index contributed by atoms with van der Waals surface area (Å²) in [7, 11) is 5.37. The predicted octanol–water partition coefficient (Wildman–Crippen LogP) is -0.699. The third-order valence-corrected chi connectivity index (χ3v) is 3.53. The topological polar surface area (TPSA) is 86.2 Å². The fraction of sp³-hybridized carbons (Fsp3) is 0.500. The van der Waals surface area contributed by atoms with Gasteiger partial charge in [-0.2, -0.15) is 0 Å². The molecule has 98 valence electrons. The monoisotopic (exact) mass is 269 g/mol. The predicted molar refractivity (Wildman–Crippen MR) is 72.1 cm³/mol. The largest absolute Gasteiger partial charge is 0.375 e. The van der Waals surface area contributed by atoms with E-state index in [4.69, 9.17) is 5.73 Å². The second-order valence-corrected chi connectivity index (χ2v) is 5.34. The molecule has 2 aromatic rings. The normalized spacial score (nSPS) is 11.6. The van der Waals surface area contributed by atoms with Gasteiger partial charge in [-0.3, -0.25) is 13.9 Å². The molecule has 2 N–H and O–H groups in total. The van der Waals surface area contributed by atoms with Gasteiger partial charge in [-0.25, -0.2) is 9.78 Å². The summed E-state index contributed by atoms with van der Waals surface area (Å²) in [6.45, 7) is 0.973. The van der Waals surface area contributed by atoms with E-state index >= 15 is 0 Å². The molecule has 0 spiro atoms. The van der Waals surface area contributed by atoms with Crippen LogP contribution in [0.15, 0.2) is 9.59 Å². The number of hydrogen-bond donors (Lipinski definition) is 1. The van der Waals surface area contributed by atoms with Gasteiger partial charge in [-0.1, -0.05) is 11.3 Å². The first-order valence-electron chi connectivity index (χ1n) is 5.42. The Morgan fingerprint density at radius 3 is 2.67 bits per heavy atom. The van der Waals surface area contributed by atoms with Crippen LogP contribution in [-0.4, -0.2) is 39.7 Å². The van der Waals surface area contributed by atoms with Crippen LogP contribution in [0.5, 0.6) is 0 Å². The Hall–Kier alpha value is -1.67. The molecule has 0 saturated carbocycles. The molecule has 18 heavy (non-hydrogen) atoms. The molecule has 0 aliphatic carbocycles. The van der Waals surface area contributed by atoms with Gasteiger partial charge in [-0.15, -0.1) is 0 Å². The zero-order valence-electron chi connectivity index (χ0n) is 10.5. The third-order valence-electron chi connectivity index (χ3n) is 2.67. The van der Waals surface area contributed by atoms with Crippen molar-refractivity contribution < 1.29 is 0 Å². The van der Waals surface area contributed by atoms with Crippen molar-refractivity contribution in [1.82, 2.24) is 19.0 Å². The minimum atomic E-state index is -0.361. The molecular weight excluding hydrogens is 254 g/mol. The highest BCUT2D eigenvalue weighted by Crippen LogP contribution is 2.18. The lowest BCUT2D eigenvalue weighted by Gasteiger charge is -2.11. The van der Waals surface area contributed by atoms with Crippen molar-refractivity contribution in [1.29, 1.82) is 0 Å². The Morgan fingerprint density at radius 2 is 2.06 bits per heavy atom. The Bertz CT molecular complexity index is 697. The van der Waals surface area contributed by atoms with Gasteiger partial charge in [0.05, 0.1) is 0 Å². The Labute approximate surface area is 107 Å². The van der Waals surface area contributed by atoms with Gasteiger partial charge in [0, 0.05) is 20.1 Å². The molecule has 8 heteroatoms. The van der Waals surface area contributed by atoms with Crippen molar-refractivity contribution in [2.24, 2.45) is 7.05 Å². The standard InChI is InChI=1S/C10H15N5O2S/c1-13(2)4-5-15-8(16)6-7(12-9(11)18-6)14(3)10(15)17/h4-5H2,1-3H3,(H2,11,12). The maximum atomic E-state index is 12.2. The molecule has 2 heterocycles. The molecule has 0 saturated heterocycles. The summed E-state index contributed by atoms with van der Waals surface area (Å²) in [5, 5.41) is 0.294. The van der Waals surface area contributed by atoms with Crippen LogP contribution in [0.2, 0.25) is 0 Å². The van der Waals surface area contributed by atoms with Crippen LogP contribution in [0.4, 0.5) is 5.13 Å². The molecular formula is C10H15N5O2S. The van der Waals surface area contributed by atoms with Crippen molar-refractivity contribution >= 4 is 26.8 Å². The molecule has 2 aromatic heterocycles. The molecule has 0 aliphatic heterocycles. The Kier molecular flexibility index (Phi) is 3.22. The first-order valence-corrected chi connectivity index (χ1v) is 6.24. The zero-order valence-corrected chi connectivity index (χ0v) is 11.3. The van der Waals surface area contributed by atoms with Gasteiger partial charge in [0.15, 0.2) is 10.8 Å². The summed E-state index contributed by atoms with van der Waals surface area (Å²) in [5.74, 6) is 0. The van der Waals surface area contributed by atoms with E-state index in [1.165, 1.54) is 9.13 Å². The van der Waals surface area contributed by atoms with E-state index in [2.05, 4.69) is 4.98 Å². The van der Waals surface area contributed by atoms with Gasteiger partial charge in [0.1, 0.15) is 4.70 Å². The molecule has 0 unspecified atom stereocenters. The van der Waals surface area contributed by atoms with Crippen LogP contribution in [0.1, 0.15) is 0 Å². The summed E-state index contributed by atoms with van der Waals surface area (Å²) >= 11 is 1.11. The molecule has 2 rings (SSSR count). The molecule has 0 atom stereocenters. The van der Waals surface area contributed by atoms with Crippen molar-refractivity contribution in [3.63, 3.8) is 0 Å². The number of aromatic nitrogens is 3. The SMILES string of the molecule is CN(C)CCn1c(=O)c2sc(N)nc2n(C)c1=O. The quantitative estimate of drug-likeness (QED) is 0.796. The summed E-state index contributed by atoms with van der Waals surface area (Å²) < 4.78 is 3.01. The minimum Gasteiger partial charge on any atom is -0.375 e. The van der Waals surface area contributed by atoms with E-state index in [0.29, 0.717) is 28.6 Å². The number of likely N-dealkylation sites (N-methyl/N-ethyl adjacent to an activating group) is 1. The number of aryl methyl sites for hydroxylation is 1. The van der Waals surface area contributed by atoms with Crippen LogP contribution in [0, 0.1) is 0 Å². The number of rotatable bonds is 3. The van der Waals surface area contributed by atoms with Gasteiger partial charge in [0.2, 0.25) is 0 Å². The first-order chi connectivity index (χ1) is 8.41. The Morgan fingerprint density at radius 1 is 1.39 bits per heavy atom. The van der Waals surface area contributed by atoms with Gasteiger partial charge < -0.3 is 10.6 Å². The Balaban J connectivity index is 2.67. The van der Waals surface area contributed by atoms with Crippen molar-refractivity contribution in [3.8, 4) is 0 Å². The van der Waals surface area contributed by atoms with Crippen LogP contribution in [-0.2, 0) is 13.6 Å². The summed E-state index contributed by atoms with van der Waals surface area (Å²) in [4.78, 5) is 30.1. The maximum absolute atomic E-state index is 12.2. The summed E-state index contributed by atoms with van der Waals surface area (Å²) in [6.07, 6.45) is 0. The highest BCUT2D eigenvalue weighted by atomic mass is 32.1. The lowest BCUT2D eigenvalue weighted by Crippen LogP contribution is -2.40. The van der Waals surface area contributed by atoms with Crippen molar-refractivity contribution in [2.75, 3.05) is 26.4 Å². The highest BCUT2D eigenvalue weighted by molar-refractivity contribution is 7.21. The molecule has 0 aliphatic rings. The smallest absolute Gasteiger partial charge is 0.332 e. The first kappa shape index (κ1) is 12.8. The number of hydrogen-bond acceptors (Lipinski definition) is 6. The highest BCUT2D eigenvalue weighted by Gasteiger charge is 2.14. The maximum Gasteiger partial charge on any atom is 0.332 e. The van der Waals surface area contributed by atoms with E-state index in [-0.39, 0.29) is 11.2 Å². The number of nitrogen functional groups attached to an aromatic ring is 1. The zero-order chi connectivity index (χ0) is 13.4. The second kappa shape index (κ2) is 4.54. The molecule has 0 amide bonds. The number of nitrogens with two attached hydrogens (primary N) is 1. The van der Waals surface area contributed by atoms with E-state index in [0.717, 1.165) is 11.3 Å². The lowest BCUT2D eigenvalue weighted by atomic mass is 10.5. The van der Waals surface area contributed by atoms with Crippen molar-refractivity contribution in [2.45, 2.75) is 6.54 Å². The number of anilines is 1. The molecule has 0 bridgehead atoms. The fourth-order valence-electron chi connectivity index (χ4n) is 1.67. The van der Waals surface area contributed by atoms with Crippen LogP contribution in [0.3, 0.4) is 0 Å². The van der Waals surface area contributed by atoms with E-state index in [1.54, 1.807) is 7.05 Å². The molecule has 0 fully saturated rings. The van der Waals surface area contributed by atoms with Crippen molar-refractivity contribution in [3.05, 3.63) is 20.8 Å². The number of nitrogens with zero attached hydrogens (tertiary/aromatic N) is 4. The van der Waals surface area contributed by atoms with Gasteiger partial charge >= 0.3 is 5.69 Å². The van der Waals surface area contributed by atoms with Gasteiger partial charge in [-0.05, 0) is 14.1 Å². The average molecular weight is 269 g/mol. The van der Waals surface area contributed by atoms with Gasteiger partial charge in [0.25, 0.3) is 5.56 Å². The van der Waals surface area contributed by atoms with E-state index in [1.807, 2.05) is 19.0 Å². The van der Waals surface area contributed by atoms with E-state index < -0.39 is 0 Å². The summed E-state index contributed by atoms with van der Waals surface area (Å²) in [5.41, 5.74) is 5.26. The second-order valence-electron chi connectivity index (χ2n) is 4.31. The minimum absolute atomic E-state index is 0.294. The summed E-state index contributed by atoms with van der Waals surface area (Å²) in [6, 6.07) is 0. The van der Waals surface area contributed by atoms with Crippen LogP contribution >= 0.6 is 11.3 Å². The lowest BCUT2D eigenvalue weighted by molar-refractivity contribution is 0.375. The number of fused-ring (bicyclic) bond motifs is 1. The molecule has 7 nitrogen and oxygen atoms in total. The average Bonchev–Trinajstić information content (AvgIpc) is 2.68. The number of thiazole rings is 1. The molecule has 0 aromatic carbocycles. The fourth-order valence-corrected chi connectivity index (χ4v) is 2.49. The van der Waals surface area contributed by atoms with Crippen LogP contribution < -0.4 is 17.0 Å². The van der Waals surface area contributed by atoms with Crippen LogP contribution in [0.25, 0.3) is 10.3 Å². The molecule has 0 radical (unpaired) electrons. The third kappa shape index (κ3) is 2.04. The van der Waals surface area contributed by atoms with E-state index in [9.17, 15) is 9.59 Å².